The molecule has 1 N–H and O–H groups in total. The zero-order valence-electron chi connectivity index (χ0n) is 16.3. The first-order valence-corrected chi connectivity index (χ1v) is 10.1. The molecule has 6 nitrogen and oxygen atoms in total. The molecule has 148 valence electrons. The second-order valence-corrected chi connectivity index (χ2v) is 7.57. The van der Waals surface area contributed by atoms with E-state index in [1.165, 1.54) is 32.4 Å². The lowest BCUT2D eigenvalue weighted by molar-refractivity contribution is -0.129. The summed E-state index contributed by atoms with van der Waals surface area (Å²) in [5.41, 5.74) is 1.05. The Morgan fingerprint density at radius 2 is 1.93 bits per heavy atom. The van der Waals surface area contributed by atoms with E-state index in [1.807, 2.05) is 24.3 Å². The fourth-order valence-corrected chi connectivity index (χ4v) is 3.89. The van der Waals surface area contributed by atoms with Crippen molar-refractivity contribution in [2.45, 2.75) is 38.6 Å². The van der Waals surface area contributed by atoms with E-state index in [2.05, 4.69) is 10.2 Å². The summed E-state index contributed by atoms with van der Waals surface area (Å²) < 4.78 is 5.16. The van der Waals surface area contributed by atoms with E-state index in [4.69, 9.17) is 4.74 Å². The quantitative estimate of drug-likeness (QED) is 0.709. The third-order valence-electron chi connectivity index (χ3n) is 5.52. The molecular weight excluding hydrogens is 342 g/mol. The van der Waals surface area contributed by atoms with Gasteiger partial charge in [-0.25, -0.2) is 0 Å². The lowest BCUT2D eigenvalue weighted by atomic mass is 10.1. The summed E-state index contributed by atoms with van der Waals surface area (Å²) in [6, 6.07) is 7.70. The first-order valence-electron chi connectivity index (χ1n) is 10.1. The van der Waals surface area contributed by atoms with Crippen molar-refractivity contribution in [3.05, 3.63) is 29.8 Å². The van der Waals surface area contributed by atoms with Gasteiger partial charge >= 0.3 is 0 Å². The van der Waals surface area contributed by atoms with Gasteiger partial charge in [-0.05, 0) is 56.6 Å². The normalized spacial score (nSPS) is 20.7. The summed E-state index contributed by atoms with van der Waals surface area (Å²) in [4.78, 5) is 28.9. The molecule has 2 amide bonds. The molecule has 1 atom stereocenters. The van der Waals surface area contributed by atoms with Crippen LogP contribution in [0.1, 0.15) is 37.7 Å². The largest absolute Gasteiger partial charge is 0.497 e. The Bertz CT molecular complexity index is 626. The molecule has 3 rings (SSSR count). The third-order valence-corrected chi connectivity index (χ3v) is 5.52. The average molecular weight is 373 g/mol. The van der Waals surface area contributed by atoms with Gasteiger partial charge in [0, 0.05) is 26.1 Å². The van der Waals surface area contributed by atoms with E-state index in [9.17, 15) is 9.59 Å². The number of carbonyl (C=O) groups is 2. The molecule has 2 aliphatic heterocycles. The molecule has 0 bridgehead atoms. The van der Waals surface area contributed by atoms with Gasteiger partial charge in [0.15, 0.2) is 0 Å². The molecule has 2 heterocycles. The monoisotopic (exact) mass is 373 g/mol. The van der Waals surface area contributed by atoms with Crippen molar-refractivity contribution in [3.8, 4) is 5.75 Å². The highest BCUT2D eigenvalue weighted by Gasteiger charge is 2.34. The molecule has 0 aliphatic carbocycles. The van der Waals surface area contributed by atoms with Crippen LogP contribution in [-0.2, 0) is 16.1 Å². The molecule has 0 spiro atoms. The van der Waals surface area contributed by atoms with Crippen LogP contribution in [0.25, 0.3) is 0 Å². The first kappa shape index (κ1) is 19.7. The van der Waals surface area contributed by atoms with Crippen LogP contribution in [0.5, 0.6) is 5.75 Å². The molecule has 6 heteroatoms. The number of methoxy groups -OCH3 is 1. The van der Waals surface area contributed by atoms with Gasteiger partial charge in [-0.1, -0.05) is 18.6 Å². The minimum Gasteiger partial charge on any atom is -0.497 e. The van der Waals surface area contributed by atoms with E-state index in [0.29, 0.717) is 26.1 Å². The Morgan fingerprint density at radius 3 is 2.63 bits per heavy atom. The molecule has 1 aromatic rings. The molecule has 2 aliphatic rings. The maximum Gasteiger partial charge on any atom is 0.225 e. The number of piperidine rings is 1. The van der Waals surface area contributed by atoms with Crippen molar-refractivity contribution in [1.82, 2.24) is 15.1 Å². The molecule has 0 aromatic heterocycles. The number of nitrogens with zero attached hydrogens (tertiary/aromatic N) is 2. The van der Waals surface area contributed by atoms with Crippen LogP contribution in [0.3, 0.4) is 0 Å². The molecule has 27 heavy (non-hydrogen) atoms. The Morgan fingerprint density at radius 1 is 1.19 bits per heavy atom. The van der Waals surface area contributed by atoms with Gasteiger partial charge in [-0.15, -0.1) is 0 Å². The van der Waals surface area contributed by atoms with E-state index in [0.717, 1.165) is 24.3 Å². The zero-order valence-corrected chi connectivity index (χ0v) is 16.3. The Balaban J connectivity index is 1.38. The van der Waals surface area contributed by atoms with Crippen LogP contribution in [-0.4, -0.2) is 61.4 Å². The fourth-order valence-electron chi connectivity index (χ4n) is 3.89. The maximum absolute atomic E-state index is 12.4. The minimum atomic E-state index is -0.231. The van der Waals surface area contributed by atoms with Gasteiger partial charge in [0.05, 0.1) is 13.0 Å². The number of ether oxygens (including phenoxy) is 1. The highest BCUT2D eigenvalue weighted by atomic mass is 16.5. The van der Waals surface area contributed by atoms with Crippen LogP contribution in [0.15, 0.2) is 24.3 Å². The highest BCUT2D eigenvalue weighted by molar-refractivity contribution is 5.89. The van der Waals surface area contributed by atoms with E-state index in [1.54, 1.807) is 12.0 Å². The van der Waals surface area contributed by atoms with Gasteiger partial charge in [-0.3, -0.25) is 9.59 Å². The molecule has 1 aromatic carbocycles. The van der Waals surface area contributed by atoms with Crippen LogP contribution in [0.4, 0.5) is 0 Å². The first-order chi connectivity index (χ1) is 13.2. The zero-order chi connectivity index (χ0) is 19.1. The molecular formula is C21H31N3O3. The second kappa shape index (κ2) is 9.74. The Hall–Kier alpha value is -2.08. The Kier molecular flexibility index (Phi) is 7.10. The minimum absolute atomic E-state index is 0.0132. The number of benzene rings is 1. The van der Waals surface area contributed by atoms with Crippen molar-refractivity contribution in [2.24, 2.45) is 5.92 Å². The summed E-state index contributed by atoms with van der Waals surface area (Å²) >= 11 is 0. The summed E-state index contributed by atoms with van der Waals surface area (Å²) in [7, 11) is 1.63. The fraction of sp³-hybridized carbons (Fsp3) is 0.619. The summed E-state index contributed by atoms with van der Waals surface area (Å²) in [6.45, 7) is 5.16. The van der Waals surface area contributed by atoms with Gasteiger partial charge < -0.3 is 19.9 Å². The number of nitrogens with one attached hydrogen (secondary N) is 1. The summed E-state index contributed by atoms with van der Waals surface area (Å²) in [5.74, 6) is 0.637. The third kappa shape index (κ3) is 5.70. The molecule has 0 saturated carbocycles. The number of carbonyl (C=O) groups excluding carboxylic acids is 2. The number of hydrogen-bond donors (Lipinski definition) is 1. The molecule has 2 saturated heterocycles. The van der Waals surface area contributed by atoms with Crippen molar-refractivity contribution in [2.75, 3.05) is 39.8 Å². The van der Waals surface area contributed by atoms with E-state index >= 15 is 0 Å². The van der Waals surface area contributed by atoms with Crippen LogP contribution in [0.2, 0.25) is 0 Å². The van der Waals surface area contributed by atoms with Crippen molar-refractivity contribution in [1.29, 1.82) is 0 Å². The summed E-state index contributed by atoms with van der Waals surface area (Å²) in [5, 5.41) is 3.02. The SMILES string of the molecule is COc1ccc(CN2C[C@H](C(=O)NCCCN3CCCCC3)CC2=O)cc1. The molecule has 2 fully saturated rings. The van der Waals surface area contributed by atoms with E-state index in [-0.39, 0.29) is 17.7 Å². The van der Waals surface area contributed by atoms with Crippen molar-refractivity contribution >= 4 is 11.8 Å². The maximum atomic E-state index is 12.4. The Labute approximate surface area is 161 Å². The average Bonchev–Trinajstić information content (AvgIpc) is 3.07. The lowest BCUT2D eigenvalue weighted by Crippen LogP contribution is -2.36. The van der Waals surface area contributed by atoms with E-state index < -0.39 is 0 Å². The van der Waals surface area contributed by atoms with Crippen LogP contribution >= 0.6 is 0 Å². The smallest absolute Gasteiger partial charge is 0.225 e. The predicted molar refractivity (Wildman–Crippen MR) is 104 cm³/mol. The predicted octanol–water partition coefficient (Wildman–Crippen LogP) is 2.04. The molecule has 0 unspecified atom stereocenters. The van der Waals surface area contributed by atoms with Gasteiger partial charge in [0.2, 0.25) is 11.8 Å². The standard InChI is InChI=1S/C21H31N3O3/c1-27-19-8-6-17(7-9-19)15-24-16-18(14-20(24)25)21(26)22-10-5-13-23-11-3-2-4-12-23/h6-9,18H,2-5,10-16H2,1H3,(H,22,26)/t18-/m1/s1. The number of amides is 2. The van der Waals surface area contributed by atoms with Crippen LogP contribution < -0.4 is 10.1 Å². The van der Waals surface area contributed by atoms with Gasteiger partial charge in [-0.2, -0.15) is 0 Å². The number of rotatable bonds is 8. The summed E-state index contributed by atoms with van der Waals surface area (Å²) in [6.07, 6.45) is 5.22. The van der Waals surface area contributed by atoms with Crippen molar-refractivity contribution < 1.29 is 14.3 Å². The second-order valence-electron chi connectivity index (χ2n) is 7.57. The highest BCUT2D eigenvalue weighted by Crippen LogP contribution is 2.21. The van der Waals surface area contributed by atoms with Crippen LogP contribution in [0, 0.1) is 5.92 Å². The topological polar surface area (TPSA) is 61.9 Å². The lowest BCUT2D eigenvalue weighted by Gasteiger charge is -2.26. The molecule has 0 radical (unpaired) electrons. The number of hydrogen-bond acceptors (Lipinski definition) is 4. The van der Waals surface area contributed by atoms with Gasteiger partial charge in [0.25, 0.3) is 0 Å². The van der Waals surface area contributed by atoms with Crippen molar-refractivity contribution in [3.63, 3.8) is 0 Å². The number of likely N-dealkylation sites (tertiary alicyclic amines) is 2. The van der Waals surface area contributed by atoms with Gasteiger partial charge in [0.1, 0.15) is 5.75 Å².